The van der Waals surface area contributed by atoms with Crippen molar-refractivity contribution in [1.29, 1.82) is 0 Å². The number of rotatable bonds is 5. The van der Waals surface area contributed by atoms with E-state index < -0.39 is 23.4 Å². The minimum absolute atomic E-state index is 0.168. The van der Waals surface area contributed by atoms with Gasteiger partial charge in [-0.1, -0.05) is 0 Å². The van der Waals surface area contributed by atoms with E-state index in [9.17, 15) is 23.1 Å². The molecular formula is C26H27F3N6O3. The van der Waals surface area contributed by atoms with Gasteiger partial charge in [-0.15, -0.1) is 0 Å². The van der Waals surface area contributed by atoms with Crippen molar-refractivity contribution < 1.29 is 27.8 Å². The number of hydrogen-bond donors (Lipinski definition) is 2. The maximum absolute atomic E-state index is 13.2. The summed E-state index contributed by atoms with van der Waals surface area (Å²) in [6, 6.07) is 7.45. The summed E-state index contributed by atoms with van der Waals surface area (Å²) in [5.74, 6) is 0.510. The Balaban J connectivity index is 1.51. The van der Waals surface area contributed by atoms with Crippen LogP contribution in [0.4, 0.5) is 30.5 Å². The number of aliphatic hydroxyl groups is 1. The quantitative estimate of drug-likeness (QED) is 0.519. The van der Waals surface area contributed by atoms with Gasteiger partial charge in [-0.3, -0.25) is 9.78 Å². The lowest BCUT2D eigenvalue weighted by Gasteiger charge is -2.45. The zero-order valence-electron chi connectivity index (χ0n) is 20.9. The molecule has 2 fully saturated rings. The highest BCUT2D eigenvalue weighted by atomic mass is 19.4. The Morgan fingerprint density at radius 3 is 2.47 bits per heavy atom. The number of carbonyl (C=O) groups is 1. The van der Waals surface area contributed by atoms with E-state index in [1.807, 2.05) is 28.9 Å². The second-order valence-corrected chi connectivity index (χ2v) is 9.73. The Labute approximate surface area is 217 Å². The summed E-state index contributed by atoms with van der Waals surface area (Å²) in [5.41, 5.74) is 0.547. The number of nitrogens with zero attached hydrogens (tertiary/aromatic N) is 5. The second-order valence-electron chi connectivity index (χ2n) is 9.73. The van der Waals surface area contributed by atoms with Crippen LogP contribution in [-0.4, -0.2) is 71.0 Å². The zero-order valence-corrected chi connectivity index (χ0v) is 20.9. The van der Waals surface area contributed by atoms with E-state index in [-0.39, 0.29) is 5.56 Å². The van der Waals surface area contributed by atoms with Crippen LogP contribution >= 0.6 is 0 Å². The van der Waals surface area contributed by atoms with E-state index >= 15 is 0 Å². The first-order chi connectivity index (χ1) is 18.0. The lowest BCUT2D eigenvalue weighted by Crippen LogP contribution is -2.60. The van der Waals surface area contributed by atoms with Gasteiger partial charge in [0.15, 0.2) is 5.82 Å². The number of alkyl halides is 3. The first kappa shape index (κ1) is 25.9. The molecule has 0 aromatic carbocycles. The van der Waals surface area contributed by atoms with Crippen LogP contribution in [0.5, 0.6) is 0 Å². The predicted molar refractivity (Wildman–Crippen MR) is 135 cm³/mol. The summed E-state index contributed by atoms with van der Waals surface area (Å²) >= 11 is 0. The van der Waals surface area contributed by atoms with Gasteiger partial charge in [-0.2, -0.15) is 13.2 Å². The van der Waals surface area contributed by atoms with Crippen LogP contribution in [-0.2, 0) is 10.9 Å². The van der Waals surface area contributed by atoms with Gasteiger partial charge in [0.2, 0.25) is 0 Å². The third kappa shape index (κ3) is 5.41. The van der Waals surface area contributed by atoms with Crippen LogP contribution < -0.4 is 15.1 Å². The fraction of sp³-hybridized carbons (Fsp3) is 0.385. The van der Waals surface area contributed by atoms with Crippen LogP contribution in [0.15, 0.2) is 42.7 Å². The maximum Gasteiger partial charge on any atom is 0.433 e. The minimum atomic E-state index is -4.67. The summed E-state index contributed by atoms with van der Waals surface area (Å²) < 4.78 is 44.9. The Kier molecular flexibility index (Phi) is 6.70. The number of aromatic nitrogens is 3. The average Bonchev–Trinajstić information content (AvgIpc) is 2.88. The van der Waals surface area contributed by atoms with Gasteiger partial charge >= 0.3 is 6.18 Å². The van der Waals surface area contributed by atoms with Crippen LogP contribution in [0.2, 0.25) is 0 Å². The van der Waals surface area contributed by atoms with Gasteiger partial charge in [0.1, 0.15) is 11.5 Å². The number of amides is 1. The monoisotopic (exact) mass is 528 g/mol. The molecule has 0 atom stereocenters. The molecule has 0 radical (unpaired) electrons. The highest BCUT2D eigenvalue weighted by Crippen LogP contribution is 2.35. The smallest absolute Gasteiger partial charge is 0.386 e. The summed E-state index contributed by atoms with van der Waals surface area (Å²) in [4.78, 5) is 29.6. The standard InChI is InChI=1S/C26H27F3N6O3/c1-16-19(17-3-6-31-22(12-17)35-14-25(2,37)15-35)13-20(23(32-16)34-7-9-38-10-8-34)33-24(36)18-4-5-30-21(11-18)26(27,28)29/h3-6,11-13,37H,7-10,14-15H2,1-2H3,(H,33,36). The fourth-order valence-corrected chi connectivity index (χ4v) is 4.61. The van der Waals surface area contributed by atoms with Crippen LogP contribution in [0.3, 0.4) is 0 Å². The van der Waals surface area contributed by atoms with E-state index in [4.69, 9.17) is 9.72 Å². The summed E-state index contributed by atoms with van der Waals surface area (Å²) in [7, 11) is 0. The summed E-state index contributed by atoms with van der Waals surface area (Å²) in [6.45, 7) is 6.63. The van der Waals surface area contributed by atoms with Gasteiger partial charge in [-0.25, -0.2) is 9.97 Å². The molecule has 9 nitrogen and oxygen atoms in total. The number of β-amino-alcohol motifs (C(OH)–C–C–N with tert-alkyl or cyclic N) is 1. The fourth-order valence-electron chi connectivity index (χ4n) is 4.61. The molecule has 3 aromatic rings. The molecule has 2 saturated heterocycles. The van der Waals surface area contributed by atoms with Crippen molar-refractivity contribution in [3.8, 4) is 11.1 Å². The lowest BCUT2D eigenvalue weighted by atomic mass is 9.96. The normalized spacial score (nSPS) is 17.2. The van der Waals surface area contributed by atoms with Crippen LogP contribution in [0.25, 0.3) is 11.1 Å². The number of nitrogens with one attached hydrogen (secondary N) is 1. The van der Waals surface area contributed by atoms with Crippen molar-refractivity contribution in [2.45, 2.75) is 25.6 Å². The maximum atomic E-state index is 13.2. The Bertz CT molecular complexity index is 1350. The van der Waals surface area contributed by atoms with Crippen molar-refractivity contribution in [3.05, 3.63) is 59.7 Å². The zero-order chi connectivity index (χ0) is 27.1. The van der Waals surface area contributed by atoms with E-state index in [2.05, 4.69) is 15.3 Å². The Morgan fingerprint density at radius 2 is 1.79 bits per heavy atom. The second kappa shape index (κ2) is 9.84. The molecule has 5 heterocycles. The molecule has 2 N–H and O–H groups in total. The molecule has 2 aliphatic rings. The molecule has 0 spiro atoms. The van der Waals surface area contributed by atoms with Gasteiger partial charge < -0.3 is 25.0 Å². The van der Waals surface area contributed by atoms with Crippen LogP contribution in [0, 0.1) is 6.92 Å². The molecule has 200 valence electrons. The van der Waals surface area contributed by atoms with E-state index in [1.165, 1.54) is 6.07 Å². The van der Waals surface area contributed by atoms with Crippen molar-refractivity contribution in [3.63, 3.8) is 0 Å². The van der Waals surface area contributed by atoms with Crippen molar-refractivity contribution in [2.24, 2.45) is 0 Å². The first-order valence-corrected chi connectivity index (χ1v) is 12.1. The molecule has 1 amide bonds. The highest BCUT2D eigenvalue weighted by Gasteiger charge is 2.37. The number of hydrogen-bond acceptors (Lipinski definition) is 8. The highest BCUT2D eigenvalue weighted by molar-refractivity contribution is 6.06. The summed E-state index contributed by atoms with van der Waals surface area (Å²) in [5, 5.41) is 12.9. The van der Waals surface area contributed by atoms with Gasteiger partial charge in [0, 0.05) is 55.4 Å². The van der Waals surface area contributed by atoms with E-state index in [0.29, 0.717) is 62.4 Å². The molecule has 0 saturated carbocycles. The van der Waals surface area contributed by atoms with E-state index in [0.717, 1.165) is 23.4 Å². The molecule has 3 aromatic heterocycles. The molecule has 2 aliphatic heterocycles. The Morgan fingerprint density at radius 1 is 1.08 bits per heavy atom. The number of ether oxygens (including phenoxy) is 1. The van der Waals surface area contributed by atoms with Gasteiger partial charge in [-0.05, 0) is 49.7 Å². The number of aryl methyl sites for hydroxylation is 1. The lowest BCUT2D eigenvalue weighted by molar-refractivity contribution is -0.141. The SMILES string of the molecule is Cc1nc(N2CCOCC2)c(NC(=O)c2ccnc(C(F)(F)F)c2)cc1-c1ccnc(N2CC(C)(O)C2)c1. The van der Waals surface area contributed by atoms with Gasteiger partial charge in [0.25, 0.3) is 5.91 Å². The molecular weight excluding hydrogens is 501 g/mol. The molecule has 38 heavy (non-hydrogen) atoms. The summed E-state index contributed by atoms with van der Waals surface area (Å²) in [6.07, 6.45) is -2.04. The number of pyridine rings is 3. The predicted octanol–water partition coefficient (Wildman–Crippen LogP) is 3.53. The average molecular weight is 529 g/mol. The van der Waals surface area contributed by atoms with Crippen LogP contribution in [0.1, 0.15) is 28.7 Å². The van der Waals surface area contributed by atoms with Crippen molar-refractivity contribution >= 4 is 23.2 Å². The molecule has 0 unspecified atom stereocenters. The third-order valence-electron chi connectivity index (χ3n) is 6.51. The number of carbonyl (C=O) groups excluding carboxylic acids is 1. The molecule has 0 aliphatic carbocycles. The van der Waals surface area contributed by atoms with Crippen molar-refractivity contribution in [2.75, 3.05) is 54.5 Å². The third-order valence-corrected chi connectivity index (χ3v) is 6.51. The molecule has 5 rings (SSSR count). The van der Waals surface area contributed by atoms with Gasteiger partial charge in [0.05, 0.1) is 24.5 Å². The van der Waals surface area contributed by atoms with Crippen molar-refractivity contribution in [1.82, 2.24) is 15.0 Å². The molecule has 12 heteroatoms. The number of morpholine rings is 1. The minimum Gasteiger partial charge on any atom is -0.386 e. The first-order valence-electron chi connectivity index (χ1n) is 12.1. The Hall–Kier alpha value is -3.77. The largest absolute Gasteiger partial charge is 0.433 e. The number of anilines is 3. The topological polar surface area (TPSA) is 104 Å². The van der Waals surface area contributed by atoms with E-state index in [1.54, 1.807) is 19.2 Å². The number of halogens is 3. The molecule has 0 bridgehead atoms.